The van der Waals surface area contributed by atoms with Crippen molar-refractivity contribution < 1.29 is 16.7 Å². The maximum absolute atomic E-state index is 12.9. The van der Waals surface area contributed by atoms with Gasteiger partial charge in [0, 0.05) is 5.02 Å². The molecule has 0 radical (unpaired) electrons. The van der Waals surface area contributed by atoms with Crippen LogP contribution in [0.3, 0.4) is 0 Å². The first kappa shape index (κ1) is 12.7. The lowest BCUT2D eigenvalue weighted by atomic mass is 10.2. The van der Waals surface area contributed by atoms with E-state index >= 15 is 0 Å². The van der Waals surface area contributed by atoms with Crippen molar-refractivity contribution in [2.75, 3.05) is 5.75 Å². The molecule has 0 fully saturated rings. The van der Waals surface area contributed by atoms with Gasteiger partial charge in [0.05, 0.1) is 10.8 Å². The molecule has 0 aliphatic rings. The van der Waals surface area contributed by atoms with Gasteiger partial charge in [-0.1, -0.05) is 23.2 Å². The van der Waals surface area contributed by atoms with Gasteiger partial charge in [-0.25, -0.2) is 4.39 Å². The van der Waals surface area contributed by atoms with Crippen LogP contribution in [-0.2, 0) is 16.6 Å². The van der Waals surface area contributed by atoms with E-state index in [1.165, 1.54) is 0 Å². The van der Waals surface area contributed by atoms with Crippen molar-refractivity contribution in [1.29, 1.82) is 0 Å². The Morgan fingerprint density at radius 1 is 1.20 bits per heavy atom. The quantitative estimate of drug-likeness (QED) is 0.627. The average molecular weight is 275 g/mol. The van der Waals surface area contributed by atoms with Crippen LogP contribution in [0, 0.1) is 5.82 Å². The molecule has 0 N–H and O–H groups in total. The molecule has 0 amide bonds. The van der Waals surface area contributed by atoms with Gasteiger partial charge in [-0.15, -0.1) is 3.89 Å². The Morgan fingerprint density at radius 3 is 2.33 bits per heavy atom. The Morgan fingerprint density at radius 2 is 1.80 bits per heavy atom. The highest BCUT2D eigenvalue weighted by atomic mass is 35.5. The van der Waals surface area contributed by atoms with E-state index in [-0.39, 0.29) is 22.0 Å². The Balaban J connectivity index is 2.91. The number of halogens is 4. The predicted octanol–water partition coefficient (Wildman–Crippen LogP) is 2.97. The van der Waals surface area contributed by atoms with E-state index in [0.29, 0.717) is 0 Å². The van der Waals surface area contributed by atoms with E-state index in [1.54, 1.807) is 0 Å². The molecule has 0 unspecified atom stereocenters. The predicted molar refractivity (Wildman–Crippen MR) is 55.0 cm³/mol. The maximum Gasteiger partial charge on any atom is 0.302 e. The van der Waals surface area contributed by atoms with Crippen LogP contribution in [0.4, 0.5) is 8.28 Å². The Hall–Kier alpha value is -0.390. The molecule has 0 aliphatic heterocycles. The molecule has 0 spiro atoms. The molecular weight excluding hydrogens is 269 g/mol. The highest BCUT2D eigenvalue weighted by Gasteiger charge is 2.12. The lowest BCUT2D eigenvalue weighted by Gasteiger charge is -2.03. The molecule has 0 saturated heterocycles. The van der Waals surface area contributed by atoms with Gasteiger partial charge in [-0.05, 0) is 24.1 Å². The summed E-state index contributed by atoms with van der Waals surface area (Å²) in [6.45, 7) is 0. The van der Waals surface area contributed by atoms with Crippen LogP contribution in [-0.4, -0.2) is 14.2 Å². The summed E-state index contributed by atoms with van der Waals surface area (Å²) in [7, 11) is -4.58. The summed E-state index contributed by atoms with van der Waals surface area (Å²) in [5.74, 6) is -1.44. The zero-order chi connectivity index (χ0) is 11.6. The van der Waals surface area contributed by atoms with Crippen LogP contribution in [0.5, 0.6) is 0 Å². The molecular formula is C8H6Cl2F2O2S. The van der Waals surface area contributed by atoms with E-state index in [4.69, 9.17) is 23.2 Å². The number of benzene rings is 1. The average Bonchev–Trinajstić information content (AvgIpc) is 2.07. The molecule has 7 heteroatoms. The minimum atomic E-state index is -4.58. The van der Waals surface area contributed by atoms with E-state index in [1.807, 2.05) is 0 Å². The minimum Gasteiger partial charge on any atom is -0.205 e. The van der Waals surface area contributed by atoms with Crippen LogP contribution in [0.25, 0.3) is 0 Å². The standard InChI is InChI=1S/C8H6Cl2F2O2S/c9-6-4-7(10)8(11)3-5(6)1-2-15(12,13)14/h3-4H,1-2H2. The second-order valence-corrected chi connectivity index (χ2v) is 5.15. The number of hydrogen-bond acceptors (Lipinski definition) is 2. The highest BCUT2D eigenvalue weighted by Crippen LogP contribution is 2.24. The van der Waals surface area contributed by atoms with Gasteiger partial charge < -0.3 is 0 Å². The number of aryl methyl sites for hydroxylation is 1. The topological polar surface area (TPSA) is 34.1 Å². The first-order valence-electron chi connectivity index (χ1n) is 3.85. The van der Waals surface area contributed by atoms with Crippen molar-refractivity contribution in [2.24, 2.45) is 0 Å². The first-order chi connectivity index (χ1) is 6.79. The van der Waals surface area contributed by atoms with Crippen LogP contribution >= 0.6 is 23.2 Å². The summed E-state index contributed by atoms with van der Waals surface area (Å²) in [6, 6.07) is 2.15. The third-order valence-corrected chi connectivity index (χ3v) is 3.04. The Kier molecular flexibility index (Phi) is 3.92. The third kappa shape index (κ3) is 3.93. The summed E-state index contributed by atoms with van der Waals surface area (Å²) in [6.07, 6.45) is -0.189. The van der Waals surface area contributed by atoms with E-state index in [2.05, 4.69) is 0 Å². The maximum atomic E-state index is 12.9. The van der Waals surface area contributed by atoms with Crippen molar-refractivity contribution in [1.82, 2.24) is 0 Å². The number of hydrogen-bond donors (Lipinski definition) is 0. The summed E-state index contributed by atoms with van der Waals surface area (Å²) in [5.41, 5.74) is 0.208. The molecule has 0 saturated carbocycles. The smallest absolute Gasteiger partial charge is 0.205 e. The molecule has 0 bridgehead atoms. The fourth-order valence-corrected chi connectivity index (χ4v) is 1.93. The van der Waals surface area contributed by atoms with E-state index in [9.17, 15) is 16.7 Å². The molecule has 1 rings (SSSR count). The molecule has 1 aromatic rings. The molecule has 0 heterocycles. The molecule has 0 atom stereocenters. The largest absolute Gasteiger partial charge is 0.302 e. The van der Waals surface area contributed by atoms with Crippen molar-refractivity contribution >= 4 is 33.4 Å². The van der Waals surface area contributed by atoms with Gasteiger partial charge in [0.1, 0.15) is 5.82 Å². The third-order valence-electron chi connectivity index (χ3n) is 1.70. The van der Waals surface area contributed by atoms with Gasteiger partial charge in [-0.3, -0.25) is 0 Å². The van der Waals surface area contributed by atoms with E-state index < -0.39 is 21.8 Å². The van der Waals surface area contributed by atoms with Crippen molar-refractivity contribution in [3.05, 3.63) is 33.6 Å². The summed E-state index contributed by atoms with van der Waals surface area (Å²) in [5, 5.41) is -0.0445. The zero-order valence-corrected chi connectivity index (χ0v) is 9.63. The zero-order valence-electron chi connectivity index (χ0n) is 7.31. The van der Waals surface area contributed by atoms with Crippen LogP contribution in [0.2, 0.25) is 10.0 Å². The first-order valence-corrected chi connectivity index (χ1v) is 6.16. The second kappa shape index (κ2) is 4.63. The van der Waals surface area contributed by atoms with Gasteiger partial charge in [0.25, 0.3) is 0 Å². The highest BCUT2D eigenvalue weighted by molar-refractivity contribution is 7.86. The van der Waals surface area contributed by atoms with Crippen molar-refractivity contribution in [2.45, 2.75) is 6.42 Å². The van der Waals surface area contributed by atoms with Crippen LogP contribution in [0.1, 0.15) is 5.56 Å². The monoisotopic (exact) mass is 274 g/mol. The lowest BCUT2D eigenvalue weighted by molar-refractivity contribution is 0.551. The van der Waals surface area contributed by atoms with Crippen molar-refractivity contribution in [3.63, 3.8) is 0 Å². The lowest BCUT2D eigenvalue weighted by Crippen LogP contribution is -2.03. The summed E-state index contributed by atoms with van der Waals surface area (Å²) >= 11 is 11.1. The van der Waals surface area contributed by atoms with Gasteiger partial charge in [-0.2, -0.15) is 8.42 Å². The van der Waals surface area contributed by atoms with Crippen LogP contribution in [0.15, 0.2) is 12.1 Å². The van der Waals surface area contributed by atoms with Gasteiger partial charge in [0.2, 0.25) is 0 Å². The number of rotatable bonds is 3. The molecule has 84 valence electrons. The Bertz CT molecular complexity index is 474. The fraction of sp³-hybridized carbons (Fsp3) is 0.250. The van der Waals surface area contributed by atoms with Crippen LogP contribution < -0.4 is 0 Å². The van der Waals surface area contributed by atoms with Crippen molar-refractivity contribution in [3.8, 4) is 0 Å². The fourth-order valence-electron chi connectivity index (χ4n) is 0.987. The molecule has 15 heavy (non-hydrogen) atoms. The summed E-state index contributed by atoms with van der Waals surface area (Å²) < 4.78 is 45.6. The normalized spacial score (nSPS) is 11.7. The van der Waals surface area contributed by atoms with E-state index in [0.717, 1.165) is 12.1 Å². The minimum absolute atomic E-state index is 0.116. The molecule has 0 aliphatic carbocycles. The second-order valence-electron chi connectivity index (χ2n) is 2.85. The van der Waals surface area contributed by atoms with Gasteiger partial charge in [0.15, 0.2) is 0 Å². The summed E-state index contributed by atoms with van der Waals surface area (Å²) in [4.78, 5) is 0. The molecule has 2 nitrogen and oxygen atoms in total. The molecule has 0 aromatic heterocycles. The molecule has 1 aromatic carbocycles. The SMILES string of the molecule is O=S(=O)(F)CCc1cc(F)c(Cl)cc1Cl. The van der Waals surface area contributed by atoms with Gasteiger partial charge >= 0.3 is 10.2 Å². The Labute approximate surface area is 96.0 Å².